The molecule has 0 saturated carbocycles. The third kappa shape index (κ3) is 3.95. The summed E-state index contributed by atoms with van der Waals surface area (Å²) in [5, 5.41) is 9.85. The lowest BCUT2D eigenvalue weighted by Crippen LogP contribution is -2.52. The van der Waals surface area contributed by atoms with Crippen molar-refractivity contribution in [1.82, 2.24) is 9.80 Å². The summed E-state index contributed by atoms with van der Waals surface area (Å²) in [7, 11) is 0. The van der Waals surface area contributed by atoms with Crippen molar-refractivity contribution in [3.8, 4) is 0 Å². The molecule has 1 fully saturated rings. The highest BCUT2D eigenvalue weighted by Crippen LogP contribution is 2.19. The Balaban J connectivity index is 1.99. The third-order valence-electron chi connectivity index (χ3n) is 3.82. The van der Waals surface area contributed by atoms with Gasteiger partial charge in [-0.3, -0.25) is 9.69 Å². The van der Waals surface area contributed by atoms with E-state index in [-0.39, 0.29) is 5.91 Å². The number of nitrogen functional groups attached to an aromatic ring is 1. The third-order valence-corrected chi connectivity index (χ3v) is 3.82. The zero-order valence-electron chi connectivity index (χ0n) is 13.1. The first-order valence-corrected chi connectivity index (χ1v) is 7.37. The van der Waals surface area contributed by atoms with Gasteiger partial charge in [0.2, 0.25) is 0 Å². The second-order valence-corrected chi connectivity index (χ2v) is 6.42. The zero-order valence-corrected chi connectivity index (χ0v) is 13.1. The van der Waals surface area contributed by atoms with Crippen LogP contribution in [0.15, 0.2) is 18.2 Å². The van der Waals surface area contributed by atoms with E-state index in [0.717, 1.165) is 18.7 Å². The lowest BCUT2D eigenvalue weighted by Gasteiger charge is -2.37. The highest BCUT2D eigenvalue weighted by atomic mass is 16.3. The second kappa shape index (κ2) is 6.03. The molecule has 1 aromatic carbocycles. The van der Waals surface area contributed by atoms with E-state index in [0.29, 0.717) is 30.9 Å². The summed E-state index contributed by atoms with van der Waals surface area (Å²) in [5.41, 5.74) is 7.40. The molecule has 0 spiro atoms. The van der Waals surface area contributed by atoms with Crippen LogP contribution in [0.1, 0.15) is 29.8 Å². The fraction of sp³-hybridized carbons (Fsp3) is 0.562. The largest absolute Gasteiger partial charge is 0.398 e. The average Bonchev–Trinajstić information content (AvgIpc) is 2.40. The number of rotatable bonds is 3. The Bertz CT molecular complexity index is 515. The predicted octanol–water partition coefficient (Wildman–Crippen LogP) is 1.11. The normalized spacial score (nSPS) is 17.0. The Morgan fingerprint density at radius 2 is 1.90 bits per heavy atom. The molecule has 2 rings (SSSR count). The van der Waals surface area contributed by atoms with Crippen molar-refractivity contribution in [2.75, 3.05) is 38.5 Å². The Kier molecular flexibility index (Phi) is 4.54. The summed E-state index contributed by atoms with van der Waals surface area (Å²) in [6.45, 7) is 9.04. The van der Waals surface area contributed by atoms with Crippen molar-refractivity contribution in [3.63, 3.8) is 0 Å². The van der Waals surface area contributed by atoms with Gasteiger partial charge in [-0.05, 0) is 32.4 Å². The number of carbonyl (C=O) groups is 1. The number of aryl methyl sites for hydroxylation is 1. The summed E-state index contributed by atoms with van der Waals surface area (Å²) in [5.74, 6) is -0.000825. The van der Waals surface area contributed by atoms with Crippen LogP contribution < -0.4 is 5.73 Å². The molecule has 0 bridgehead atoms. The van der Waals surface area contributed by atoms with Crippen LogP contribution in [0.4, 0.5) is 5.69 Å². The van der Waals surface area contributed by atoms with Crippen molar-refractivity contribution in [1.29, 1.82) is 0 Å². The molecule has 5 heteroatoms. The molecule has 1 saturated heterocycles. The van der Waals surface area contributed by atoms with E-state index in [9.17, 15) is 9.90 Å². The fourth-order valence-corrected chi connectivity index (χ4v) is 2.69. The number of nitrogens with zero attached hydrogens (tertiary/aromatic N) is 2. The SMILES string of the molecule is Cc1cccc(C(=O)N2CCN(CC(C)(C)O)CC2)c1N. The van der Waals surface area contributed by atoms with Crippen LogP contribution in [0.3, 0.4) is 0 Å². The van der Waals surface area contributed by atoms with Gasteiger partial charge in [0.15, 0.2) is 0 Å². The lowest BCUT2D eigenvalue weighted by atomic mass is 10.1. The van der Waals surface area contributed by atoms with Gasteiger partial charge >= 0.3 is 0 Å². The van der Waals surface area contributed by atoms with Crippen LogP contribution in [-0.4, -0.2) is 59.1 Å². The summed E-state index contributed by atoms with van der Waals surface area (Å²) in [6, 6.07) is 5.56. The van der Waals surface area contributed by atoms with Crippen molar-refractivity contribution in [2.24, 2.45) is 0 Å². The highest BCUT2D eigenvalue weighted by Gasteiger charge is 2.26. The van der Waals surface area contributed by atoms with Gasteiger partial charge in [-0.2, -0.15) is 0 Å². The molecule has 0 radical (unpaired) electrons. The maximum atomic E-state index is 12.5. The molecule has 0 atom stereocenters. The highest BCUT2D eigenvalue weighted by molar-refractivity contribution is 5.99. The number of β-amino-alcohol motifs (C(OH)–C–C–N with tert-alkyl or cyclic N) is 1. The van der Waals surface area contributed by atoms with Crippen molar-refractivity contribution >= 4 is 11.6 Å². The Morgan fingerprint density at radius 1 is 1.29 bits per heavy atom. The topological polar surface area (TPSA) is 69.8 Å². The molecule has 116 valence electrons. The van der Waals surface area contributed by atoms with Gasteiger partial charge in [-0.1, -0.05) is 12.1 Å². The zero-order chi connectivity index (χ0) is 15.6. The van der Waals surface area contributed by atoms with E-state index in [4.69, 9.17) is 5.73 Å². The van der Waals surface area contributed by atoms with Gasteiger partial charge in [0.25, 0.3) is 5.91 Å². The molecule has 5 nitrogen and oxygen atoms in total. The number of hydrogen-bond donors (Lipinski definition) is 2. The minimum absolute atomic E-state index is 0.000825. The van der Waals surface area contributed by atoms with E-state index in [1.807, 2.05) is 24.0 Å². The van der Waals surface area contributed by atoms with E-state index in [2.05, 4.69) is 4.90 Å². The molecule has 1 heterocycles. The Hall–Kier alpha value is -1.59. The first-order valence-electron chi connectivity index (χ1n) is 7.37. The van der Waals surface area contributed by atoms with E-state index >= 15 is 0 Å². The molecular weight excluding hydrogens is 266 g/mol. The number of nitrogens with two attached hydrogens (primary N) is 1. The molecular formula is C16H25N3O2. The van der Waals surface area contributed by atoms with Crippen LogP contribution >= 0.6 is 0 Å². The summed E-state index contributed by atoms with van der Waals surface area (Å²) in [4.78, 5) is 16.6. The first-order chi connectivity index (χ1) is 9.78. The molecule has 0 aromatic heterocycles. The summed E-state index contributed by atoms with van der Waals surface area (Å²) in [6.07, 6.45) is 0. The molecule has 0 aliphatic carbocycles. The van der Waals surface area contributed by atoms with E-state index < -0.39 is 5.60 Å². The number of benzene rings is 1. The lowest BCUT2D eigenvalue weighted by molar-refractivity contribution is 0.0179. The Morgan fingerprint density at radius 3 is 2.48 bits per heavy atom. The number of hydrogen-bond acceptors (Lipinski definition) is 4. The first kappa shape index (κ1) is 15.8. The van der Waals surface area contributed by atoms with Crippen molar-refractivity contribution in [3.05, 3.63) is 29.3 Å². The van der Waals surface area contributed by atoms with Crippen LogP contribution in [-0.2, 0) is 0 Å². The molecule has 1 amide bonds. The number of piperazine rings is 1. The van der Waals surface area contributed by atoms with Crippen molar-refractivity contribution < 1.29 is 9.90 Å². The molecule has 21 heavy (non-hydrogen) atoms. The van der Waals surface area contributed by atoms with Crippen LogP contribution in [0, 0.1) is 6.92 Å². The summed E-state index contributed by atoms with van der Waals surface area (Å²) < 4.78 is 0. The number of anilines is 1. The average molecular weight is 291 g/mol. The minimum Gasteiger partial charge on any atom is -0.398 e. The fourth-order valence-electron chi connectivity index (χ4n) is 2.69. The summed E-state index contributed by atoms with van der Waals surface area (Å²) >= 11 is 0. The number of para-hydroxylation sites is 1. The maximum Gasteiger partial charge on any atom is 0.256 e. The van der Waals surface area contributed by atoms with Gasteiger partial charge in [0.05, 0.1) is 11.2 Å². The van der Waals surface area contributed by atoms with Gasteiger partial charge < -0.3 is 15.7 Å². The Labute approximate surface area is 126 Å². The van der Waals surface area contributed by atoms with Gasteiger partial charge in [-0.15, -0.1) is 0 Å². The van der Waals surface area contributed by atoms with Crippen molar-refractivity contribution in [2.45, 2.75) is 26.4 Å². The quantitative estimate of drug-likeness (QED) is 0.818. The molecule has 1 aliphatic heterocycles. The molecule has 3 N–H and O–H groups in total. The minimum atomic E-state index is -0.701. The second-order valence-electron chi connectivity index (χ2n) is 6.42. The van der Waals surface area contributed by atoms with E-state index in [1.54, 1.807) is 19.9 Å². The molecule has 0 unspecified atom stereocenters. The number of aliphatic hydroxyl groups is 1. The maximum absolute atomic E-state index is 12.5. The van der Waals surface area contributed by atoms with Crippen LogP contribution in [0.25, 0.3) is 0 Å². The monoisotopic (exact) mass is 291 g/mol. The number of amides is 1. The van der Waals surface area contributed by atoms with Gasteiger partial charge in [0.1, 0.15) is 0 Å². The molecule has 1 aromatic rings. The smallest absolute Gasteiger partial charge is 0.256 e. The van der Waals surface area contributed by atoms with Gasteiger partial charge in [0, 0.05) is 38.4 Å². The predicted molar refractivity (Wildman–Crippen MR) is 84.2 cm³/mol. The standard InChI is InChI=1S/C16H25N3O2/c1-12-5-4-6-13(14(12)17)15(20)19-9-7-18(8-10-19)11-16(2,3)21/h4-6,21H,7-11,17H2,1-3H3. The number of carbonyl (C=O) groups excluding carboxylic acids is 1. The van der Waals surface area contributed by atoms with Gasteiger partial charge in [-0.25, -0.2) is 0 Å². The van der Waals surface area contributed by atoms with E-state index in [1.165, 1.54) is 0 Å². The van der Waals surface area contributed by atoms with Crippen LogP contribution in [0.5, 0.6) is 0 Å². The van der Waals surface area contributed by atoms with Crippen LogP contribution in [0.2, 0.25) is 0 Å². The molecule has 1 aliphatic rings.